The summed E-state index contributed by atoms with van der Waals surface area (Å²) in [4.78, 5) is 41.9. The third kappa shape index (κ3) is 6.00. The van der Waals surface area contributed by atoms with Crippen molar-refractivity contribution in [3.05, 3.63) is 75.4 Å². The van der Waals surface area contributed by atoms with Crippen molar-refractivity contribution in [2.75, 3.05) is 11.4 Å². The van der Waals surface area contributed by atoms with Crippen LogP contribution in [0.1, 0.15) is 64.0 Å². The minimum atomic E-state index is -1.00. The predicted molar refractivity (Wildman–Crippen MR) is 137 cm³/mol. The van der Waals surface area contributed by atoms with Crippen LogP contribution in [0.15, 0.2) is 52.3 Å². The number of anilines is 1. The van der Waals surface area contributed by atoms with E-state index < -0.39 is 11.9 Å². The van der Waals surface area contributed by atoms with Gasteiger partial charge < -0.3 is 15.1 Å². The number of carbonyl (C=O) groups excluding carboxylic acids is 3. The van der Waals surface area contributed by atoms with Gasteiger partial charge in [0, 0.05) is 11.7 Å². The van der Waals surface area contributed by atoms with Gasteiger partial charge >= 0.3 is 0 Å². The van der Waals surface area contributed by atoms with Gasteiger partial charge in [0.1, 0.15) is 11.5 Å². The van der Waals surface area contributed by atoms with Gasteiger partial charge in [-0.3, -0.25) is 19.3 Å². The van der Waals surface area contributed by atoms with Crippen LogP contribution < -0.4 is 15.5 Å². The van der Waals surface area contributed by atoms with Gasteiger partial charge in [-0.25, -0.2) is 0 Å². The molecular formula is C27H31N3O4S. The van der Waals surface area contributed by atoms with Gasteiger partial charge in [-0.15, -0.1) is 11.3 Å². The summed E-state index contributed by atoms with van der Waals surface area (Å²) in [5, 5.41) is 7.64. The summed E-state index contributed by atoms with van der Waals surface area (Å²) < 4.78 is 5.89. The van der Waals surface area contributed by atoms with Crippen LogP contribution in [0.4, 0.5) is 5.69 Å². The molecule has 2 heterocycles. The first-order valence-corrected chi connectivity index (χ1v) is 12.8. The summed E-state index contributed by atoms with van der Waals surface area (Å²) in [6.45, 7) is 5.45. The summed E-state index contributed by atoms with van der Waals surface area (Å²) >= 11 is 1.30. The van der Waals surface area contributed by atoms with Crippen molar-refractivity contribution in [2.45, 2.75) is 58.5 Å². The summed E-state index contributed by atoms with van der Waals surface area (Å²) in [5.41, 5.74) is 2.51. The number of furan rings is 1. The van der Waals surface area contributed by atoms with Gasteiger partial charge in [-0.05, 0) is 80.5 Å². The lowest BCUT2D eigenvalue weighted by atomic mass is 10.1. The highest BCUT2D eigenvalue weighted by molar-refractivity contribution is 7.12. The Hall–Kier alpha value is -3.39. The Morgan fingerprint density at radius 3 is 2.37 bits per heavy atom. The molecule has 2 aromatic heterocycles. The number of rotatable bonds is 8. The van der Waals surface area contributed by atoms with E-state index in [-0.39, 0.29) is 24.4 Å². The first-order chi connectivity index (χ1) is 16.8. The summed E-state index contributed by atoms with van der Waals surface area (Å²) in [5.74, 6) is 0.0194. The Labute approximate surface area is 209 Å². The zero-order valence-corrected chi connectivity index (χ0v) is 21.1. The normalized spacial score (nSPS) is 14.5. The van der Waals surface area contributed by atoms with Gasteiger partial charge in [0.15, 0.2) is 6.04 Å². The van der Waals surface area contributed by atoms with Crippen molar-refractivity contribution in [1.29, 1.82) is 0 Å². The second-order valence-corrected chi connectivity index (χ2v) is 10.1. The third-order valence-corrected chi connectivity index (χ3v) is 7.01. The van der Waals surface area contributed by atoms with E-state index in [1.165, 1.54) is 16.2 Å². The summed E-state index contributed by atoms with van der Waals surface area (Å²) in [6, 6.07) is 11.8. The van der Waals surface area contributed by atoms with E-state index in [9.17, 15) is 14.4 Å². The Balaban J connectivity index is 1.69. The fourth-order valence-electron chi connectivity index (χ4n) is 4.59. The number of hydrogen-bond acceptors (Lipinski definition) is 5. The maximum absolute atomic E-state index is 13.7. The SMILES string of the molecule is Cc1cc(C)cc(N(C(=O)CNC(=O)c2cccs2)[C@@H](C(=O)NC2CCCC2)c2ccc(C)o2)c1. The molecule has 8 heteroatoms. The highest BCUT2D eigenvalue weighted by Crippen LogP contribution is 2.31. The molecule has 3 aromatic rings. The maximum Gasteiger partial charge on any atom is 0.261 e. The average molecular weight is 494 g/mol. The van der Waals surface area contributed by atoms with E-state index in [1.807, 2.05) is 32.0 Å². The van der Waals surface area contributed by atoms with E-state index in [2.05, 4.69) is 10.6 Å². The third-order valence-electron chi connectivity index (χ3n) is 6.14. The second-order valence-electron chi connectivity index (χ2n) is 9.11. The zero-order chi connectivity index (χ0) is 24.9. The number of benzene rings is 1. The van der Waals surface area contributed by atoms with Gasteiger partial charge in [0.25, 0.3) is 11.8 Å². The number of hydrogen-bond donors (Lipinski definition) is 2. The largest absolute Gasteiger partial charge is 0.464 e. The molecule has 1 atom stereocenters. The molecule has 1 fully saturated rings. The molecule has 1 aliphatic carbocycles. The number of amides is 3. The van der Waals surface area contributed by atoms with Gasteiger partial charge in [0.2, 0.25) is 5.91 Å². The van der Waals surface area contributed by atoms with Gasteiger partial charge in [-0.2, -0.15) is 0 Å². The molecule has 1 aromatic carbocycles. The molecule has 3 amide bonds. The van der Waals surface area contributed by atoms with Crippen molar-refractivity contribution in [3.63, 3.8) is 0 Å². The molecule has 1 aliphatic rings. The van der Waals surface area contributed by atoms with Crippen LogP contribution in [0.3, 0.4) is 0 Å². The molecule has 184 valence electrons. The first-order valence-electron chi connectivity index (χ1n) is 11.9. The van der Waals surface area contributed by atoms with Crippen molar-refractivity contribution in [3.8, 4) is 0 Å². The van der Waals surface area contributed by atoms with Crippen LogP contribution in [0.2, 0.25) is 0 Å². The Morgan fingerprint density at radius 1 is 1.06 bits per heavy atom. The molecule has 1 saturated carbocycles. The van der Waals surface area contributed by atoms with Gasteiger partial charge in [-0.1, -0.05) is 25.0 Å². The number of carbonyl (C=O) groups is 3. The topological polar surface area (TPSA) is 91.7 Å². The monoisotopic (exact) mass is 493 g/mol. The number of nitrogens with zero attached hydrogens (tertiary/aromatic N) is 1. The molecule has 0 aliphatic heterocycles. The number of nitrogens with one attached hydrogen (secondary N) is 2. The molecular weight excluding hydrogens is 462 g/mol. The van der Waals surface area contributed by atoms with Crippen LogP contribution in [0.25, 0.3) is 0 Å². The van der Waals surface area contributed by atoms with Crippen LogP contribution >= 0.6 is 11.3 Å². The van der Waals surface area contributed by atoms with Crippen molar-refractivity contribution in [1.82, 2.24) is 10.6 Å². The summed E-state index contributed by atoms with van der Waals surface area (Å²) in [7, 11) is 0. The zero-order valence-electron chi connectivity index (χ0n) is 20.3. The van der Waals surface area contributed by atoms with Crippen LogP contribution in [-0.2, 0) is 9.59 Å². The van der Waals surface area contributed by atoms with E-state index in [4.69, 9.17) is 4.42 Å². The predicted octanol–water partition coefficient (Wildman–Crippen LogP) is 4.83. The van der Waals surface area contributed by atoms with Crippen molar-refractivity contribution in [2.24, 2.45) is 0 Å². The van der Waals surface area contributed by atoms with E-state index in [0.717, 1.165) is 36.8 Å². The standard InChI is InChI=1S/C27H31N3O4S/c1-17-13-18(2)15-21(14-17)30(24(31)16-28-26(32)23-9-6-12-35-23)25(22-11-10-19(3)34-22)27(33)29-20-7-4-5-8-20/h6,9-15,20,25H,4-5,7-8,16H2,1-3H3,(H,28,32)(H,29,33)/t25-/m1/s1. The first kappa shape index (κ1) is 24.7. The maximum atomic E-state index is 13.7. The summed E-state index contributed by atoms with van der Waals surface area (Å²) in [6.07, 6.45) is 3.99. The molecule has 0 radical (unpaired) electrons. The molecule has 0 bridgehead atoms. The average Bonchev–Trinajstić information content (AvgIpc) is 3.58. The lowest BCUT2D eigenvalue weighted by molar-refractivity contribution is -0.127. The van der Waals surface area contributed by atoms with E-state index in [0.29, 0.717) is 22.1 Å². The van der Waals surface area contributed by atoms with Crippen LogP contribution in [0.5, 0.6) is 0 Å². The Morgan fingerprint density at radius 2 is 1.77 bits per heavy atom. The lowest BCUT2D eigenvalue weighted by Crippen LogP contribution is -2.49. The van der Waals surface area contributed by atoms with E-state index in [1.54, 1.807) is 36.6 Å². The highest BCUT2D eigenvalue weighted by atomic mass is 32.1. The smallest absolute Gasteiger partial charge is 0.261 e. The molecule has 7 nitrogen and oxygen atoms in total. The number of thiophene rings is 1. The molecule has 0 saturated heterocycles. The minimum absolute atomic E-state index is 0.0794. The quantitative estimate of drug-likeness (QED) is 0.470. The fraction of sp³-hybridized carbons (Fsp3) is 0.370. The minimum Gasteiger partial charge on any atom is -0.464 e. The molecule has 4 rings (SSSR count). The van der Waals surface area contributed by atoms with Crippen molar-refractivity contribution >= 4 is 34.7 Å². The molecule has 0 unspecified atom stereocenters. The molecule has 0 spiro atoms. The fourth-order valence-corrected chi connectivity index (χ4v) is 5.23. The van der Waals surface area contributed by atoms with Crippen LogP contribution in [0, 0.1) is 20.8 Å². The van der Waals surface area contributed by atoms with Crippen LogP contribution in [-0.4, -0.2) is 30.3 Å². The van der Waals surface area contributed by atoms with Gasteiger partial charge in [0.05, 0.1) is 11.4 Å². The molecule has 2 N–H and O–H groups in total. The Bertz CT molecular complexity index is 1170. The van der Waals surface area contributed by atoms with Crippen molar-refractivity contribution < 1.29 is 18.8 Å². The lowest BCUT2D eigenvalue weighted by Gasteiger charge is -2.31. The molecule has 35 heavy (non-hydrogen) atoms. The highest BCUT2D eigenvalue weighted by Gasteiger charge is 2.36. The Kier molecular flexibility index (Phi) is 7.70. The number of aryl methyl sites for hydroxylation is 3. The second kappa shape index (κ2) is 10.9. The van der Waals surface area contributed by atoms with E-state index >= 15 is 0 Å².